The monoisotopic (exact) mass is 462 g/mol. The first-order valence-corrected chi connectivity index (χ1v) is 12.6. The van der Waals surface area contributed by atoms with E-state index in [0.717, 1.165) is 11.4 Å². The van der Waals surface area contributed by atoms with Crippen LogP contribution in [-0.2, 0) is 23.0 Å². The van der Waals surface area contributed by atoms with Crippen LogP contribution in [0.3, 0.4) is 0 Å². The molecule has 2 aromatic carbocycles. The molecule has 0 aliphatic carbocycles. The summed E-state index contributed by atoms with van der Waals surface area (Å²) in [4.78, 5) is 21.6. The fraction of sp³-hybridized carbons (Fsp3) is 0.280. The molecule has 1 fully saturated rings. The van der Waals surface area contributed by atoms with Gasteiger partial charge in [0, 0.05) is 51.0 Å². The van der Waals surface area contributed by atoms with Gasteiger partial charge in [0.05, 0.1) is 4.90 Å². The van der Waals surface area contributed by atoms with E-state index in [1.807, 2.05) is 42.5 Å². The Balaban J connectivity index is 1.30. The molecule has 1 aromatic heterocycles. The van der Waals surface area contributed by atoms with E-state index in [2.05, 4.69) is 9.88 Å². The minimum atomic E-state index is -3.69. The van der Waals surface area contributed by atoms with Crippen molar-refractivity contribution in [2.75, 3.05) is 37.6 Å². The molecule has 7 nitrogen and oxygen atoms in total. The predicted molar refractivity (Wildman–Crippen MR) is 127 cm³/mol. The van der Waals surface area contributed by atoms with Crippen LogP contribution in [0.4, 0.5) is 5.82 Å². The van der Waals surface area contributed by atoms with Crippen molar-refractivity contribution in [3.63, 3.8) is 0 Å². The number of nitrogens with zero attached hydrogens (tertiary/aromatic N) is 4. The number of anilines is 1. The summed E-state index contributed by atoms with van der Waals surface area (Å²) in [6, 6.07) is 20.2. The lowest BCUT2D eigenvalue weighted by Crippen LogP contribution is -2.49. The summed E-state index contributed by atoms with van der Waals surface area (Å²) in [6.07, 6.45) is 2.45. The van der Waals surface area contributed by atoms with Gasteiger partial charge in [0.15, 0.2) is 0 Å². The van der Waals surface area contributed by atoms with Gasteiger partial charge in [-0.05, 0) is 47.9 Å². The molecule has 1 amide bonds. The molecule has 170 valence electrons. The molecule has 0 unspecified atom stereocenters. The fourth-order valence-electron chi connectivity index (χ4n) is 4.48. The number of carbonyl (C=O) groups is 1. The van der Waals surface area contributed by atoms with E-state index in [9.17, 15) is 13.2 Å². The molecule has 0 radical (unpaired) electrons. The predicted octanol–water partition coefficient (Wildman–Crippen LogP) is 2.79. The number of pyridine rings is 1. The molecule has 1 saturated heterocycles. The molecule has 5 rings (SSSR count). The van der Waals surface area contributed by atoms with E-state index in [1.54, 1.807) is 29.3 Å². The summed E-state index contributed by atoms with van der Waals surface area (Å²) in [5, 5.41) is 0. The van der Waals surface area contributed by atoms with Crippen molar-refractivity contribution in [3.05, 3.63) is 89.6 Å². The van der Waals surface area contributed by atoms with E-state index < -0.39 is 10.0 Å². The van der Waals surface area contributed by atoms with E-state index in [0.29, 0.717) is 51.3 Å². The van der Waals surface area contributed by atoms with E-state index >= 15 is 0 Å². The van der Waals surface area contributed by atoms with Crippen LogP contribution in [0.15, 0.2) is 77.8 Å². The summed E-state index contributed by atoms with van der Waals surface area (Å²) in [7, 11) is -3.69. The molecular formula is C25H26N4O3S. The van der Waals surface area contributed by atoms with Gasteiger partial charge >= 0.3 is 0 Å². The fourth-order valence-corrected chi connectivity index (χ4v) is 5.94. The van der Waals surface area contributed by atoms with Gasteiger partial charge in [-0.2, -0.15) is 4.31 Å². The second-order valence-corrected chi connectivity index (χ2v) is 10.3. The average molecular weight is 463 g/mol. The molecule has 3 aromatic rings. The maximum Gasteiger partial charge on any atom is 0.254 e. The lowest BCUT2D eigenvalue weighted by atomic mass is 10.0. The lowest BCUT2D eigenvalue weighted by molar-refractivity contribution is 0.0746. The molecule has 3 heterocycles. The maximum atomic E-state index is 13.3. The highest BCUT2D eigenvalue weighted by Gasteiger charge is 2.29. The number of benzene rings is 2. The largest absolute Gasteiger partial charge is 0.353 e. The molecule has 0 saturated carbocycles. The minimum absolute atomic E-state index is 0.142. The number of aromatic nitrogens is 1. The van der Waals surface area contributed by atoms with Gasteiger partial charge in [-0.3, -0.25) is 4.79 Å². The lowest BCUT2D eigenvalue weighted by Gasteiger charge is -2.35. The van der Waals surface area contributed by atoms with E-state index in [4.69, 9.17) is 0 Å². The number of carbonyl (C=O) groups excluding carboxylic acids is 1. The second-order valence-electron chi connectivity index (χ2n) is 8.35. The van der Waals surface area contributed by atoms with Gasteiger partial charge in [0.2, 0.25) is 10.0 Å². The smallest absolute Gasteiger partial charge is 0.254 e. The van der Waals surface area contributed by atoms with Crippen LogP contribution in [0.2, 0.25) is 0 Å². The van der Waals surface area contributed by atoms with Gasteiger partial charge in [-0.1, -0.05) is 36.4 Å². The van der Waals surface area contributed by atoms with Crippen molar-refractivity contribution >= 4 is 21.7 Å². The van der Waals surface area contributed by atoms with Gasteiger partial charge in [-0.25, -0.2) is 13.4 Å². The first kappa shape index (κ1) is 21.6. The summed E-state index contributed by atoms with van der Waals surface area (Å²) >= 11 is 0. The zero-order chi connectivity index (χ0) is 22.8. The highest BCUT2D eigenvalue weighted by atomic mass is 32.2. The van der Waals surface area contributed by atoms with Crippen LogP contribution in [0.25, 0.3) is 0 Å². The SMILES string of the molecule is O=C(c1cccc(S(=O)(=O)N2CCc3ccccc3C2)c1)N1CCN(c2ccccn2)CC1. The van der Waals surface area contributed by atoms with Crippen LogP contribution >= 0.6 is 0 Å². The Morgan fingerprint density at radius 1 is 0.818 bits per heavy atom. The molecule has 0 bridgehead atoms. The van der Waals surface area contributed by atoms with Gasteiger partial charge in [0.25, 0.3) is 5.91 Å². The summed E-state index contributed by atoms with van der Waals surface area (Å²) in [6.45, 7) is 3.30. The molecule has 0 N–H and O–H groups in total. The zero-order valence-electron chi connectivity index (χ0n) is 18.3. The number of rotatable bonds is 4. The average Bonchev–Trinajstić information content (AvgIpc) is 2.88. The highest BCUT2D eigenvalue weighted by molar-refractivity contribution is 7.89. The quantitative estimate of drug-likeness (QED) is 0.596. The Morgan fingerprint density at radius 3 is 2.33 bits per heavy atom. The summed E-state index contributed by atoms with van der Waals surface area (Å²) in [5.74, 6) is 0.762. The Bertz CT molecular complexity index is 1260. The van der Waals surface area contributed by atoms with Crippen LogP contribution in [0.5, 0.6) is 0 Å². The van der Waals surface area contributed by atoms with Gasteiger partial charge in [0.1, 0.15) is 5.82 Å². The Hall–Kier alpha value is -3.23. The van der Waals surface area contributed by atoms with Gasteiger partial charge in [-0.15, -0.1) is 0 Å². The van der Waals surface area contributed by atoms with Crippen LogP contribution < -0.4 is 4.90 Å². The molecule has 8 heteroatoms. The van der Waals surface area contributed by atoms with Crippen LogP contribution in [0, 0.1) is 0 Å². The first-order valence-electron chi connectivity index (χ1n) is 11.1. The number of amides is 1. The Kier molecular flexibility index (Phi) is 5.86. The number of hydrogen-bond donors (Lipinski definition) is 0. The maximum absolute atomic E-state index is 13.3. The highest BCUT2D eigenvalue weighted by Crippen LogP contribution is 2.26. The van der Waals surface area contributed by atoms with E-state index in [1.165, 1.54) is 15.9 Å². The van der Waals surface area contributed by atoms with Crippen molar-refractivity contribution in [2.45, 2.75) is 17.9 Å². The van der Waals surface area contributed by atoms with Crippen LogP contribution in [-0.4, -0.2) is 61.2 Å². The standard InChI is InChI=1S/C25H26N4O3S/c30-25(28-16-14-27(15-17-28)24-10-3-4-12-26-24)21-8-5-9-23(18-21)33(31,32)29-13-11-20-6-1-2-7-22(20)19-29/h1-10,12,18H,11,13-17,19H2. The third-order valence-corrected chi connectivity index (χ3v) is 8.20. The minimum Gasteiger partial charge on any atom is -0.353 e. The third-order valence-electron chi connectivity index (χ3n) is 6.35. The normalized spacial score (nSPS) is 17.0. The van der Waals surface area contributed by atoms with Gasteiger partial charge < -0.3 is 9.80 Å². The molecule has 33 heavy (non-hydrogen) atoms. The topological polar surface area (TPSA) is 73.8 Å². The molecule has 0 spiro atoms. The van der Waals surface area contributed by atoms with Crippen LogP contribution in [0.1, 0.15) is 21.5 Å². The first-order chi connectivity index (χ1) is 16.0. The van der Waals surface area contributed by atoms with Crippen molar-refractivity contribution in [1.29, 1.82) is 0 Å². The molecule has 2 aliphatic rings. The summed E-state index contributed by atoms with van der Waals surface area (Å²) in [5.41, 5.74) is 2.63. The van der Waals surface area contributed by atoms with Crippen molar-refractivity contribution in [3.8, 4) is 0 Å². The number of hydrogen-bond acceptors (Lipinski definition) is 5. The number of fused-ring (bicyclic) bond motifs is 1. The Morgan fingerprint density at radius 2 is 1.58 bits per heavy atom. The van der Waals surface area contributed by atoms with E-state index in [-0.39, 0.29) is 10.8 Å². The number of piperazine rings is 1. The van der Waals surface area contributed by atoms with Crippen molar-refractivity contribution < 1.29 is 13.2 Å². The second kappa shape index (κ2) is 8.96. The number of sulfonamides is 1. The van der Waals surface area contributed by atoms with Crippen molar-refractivity contribution in [1.82, 2.24) is 14.2 Å². The third kappa shape index (κ3) is 4.36. The molecular weight excluding hydrogens is 436 g/mol. The molecule has 0 atom stereocenters. The Labute approximate surface area is 194 Å². The van der Waals surface area contributed by atoms with Crippen molar-refractivity contribution in [2.24, 2.45) is 0 Å². The summed E-state index contributed by atoms with van der Waals surface area (Å²) < 4.78 is 28.2. The molecule has 2 aliphatic heterocycles. The zero-order valence-corrected chi connectivity index (χ0v) is 19.1.